The number of ether oxygens (including phenoxy) is 1. The van der Waals surface area contributed by atoms with Gasteiger partial charge in [0.1, 0.15) is 5.75 Å². The maximum atomic E-state index is 12.4. The highest BCUT2D eigenvalue weighted by molar-refractivity contribution is 7.99. The third kappa shape index (κ3) is 5.64. The van der Waals surface area contributed by atoms with E-state index in [9.17, 15) is 4.79 Å². The molecule has 2 aromatic rings. The first-order chi connectivity index (χ1) is 12.3. The van der Waals surface area contributed by atoms with Crippen LogP contribution in [0, 0.1) is 6.92 Å². The maximum absolute atomic E-state index is 12.4. The predicted molar refractivity (Wildman–Crippen MR) is 103 cm³/mol. The van der Waals surface area contributed by atoms with E-state index >= 15 is 0 Å². The van der Waals surface area contributed by atoms with Crippen LogP contribution >= 0.6 is 23.4 Å². The molecule has 1 amide bonds. The Morgan fingerprint density at radius 3 is 2.58 bits per heavy atom. The topological polar surface area (TPSA) is 68.5 Å². The summed E-state index contributed by atoms with van der Waals surface area (Å²) in [6.45, 7) is 10.1. The summed E-state index contributed by atoms with van der Waals surface area (Å²) in [5.41, 5.74) is 0.935. The number of carbonyl (C=O) groups excluding carboxylic acids is 1. The van der Waals surface area contributed by atoms with Crippen molar-refractivity contribution in [2.75, 3.05) is 5.75 Å². The first-order valence-electron chi connectivity index (χ1n) is 8.43. The van der Waals surface area contributed by atoms with Crippen LogP contribution in [0.5, 0.6) is 5.75 Å². The van der Waals surface area contributed by atoms with Gasteiger partial charge in [-0.05, 0) is 58.4 Å². The molecule has 142 valence electrons. The molecule has 0 bridgehead atoms. The van der Waals surface area contributed by atoms with Crippen molar-refractivity contribution in [3.63, 3.8) is 0 Å². The highest BCUT2D eigenvalue weighted by Crippen LogP contribution is 2.23. The second kappa shape index (κ2) is 9.28. The largest absolute Gasteiger partial charge is 0.484 e. The molecule has 0 N–H and O–H groups in total. The maximum Gasteiger partial charge on any atom is 0.277 e. The lowest BCUT2D eigenvalue weighted by molar-refractivity contribution is -0.131. The molecule has 0 radical (unpaired) electrons. The molecule has 6 nitrogen and oxygen atoms in total. The van der Waals surface area contributed by atoms with E-state index in [4.69, 9.17) is 20.8 Å². The number of nitrogens with zero attached hydrogens (tertiary/aromatic N) is 3. The molecule has 1 aromatic heterocycles. The Morgan fingerprint density at radius 2 is 1.96 bits per heavy atom. The van der Waals surface area contributed by atoms with Crippen molar-refractivity contribution in [2.24, 2.45) is 0 Å². The molecule has 0 fully saturated rings. The summed E-state index contributed by atoms with van der Waals surface area (Å²) >= 11 is 7.23. The number of hydrogen-bond acceptors (Lipinski definition) is 6. The van der Waals surface area contributed by atoms with Crippen molar-refractivity contribution in [3.8, 4) is 5.75 Å². The second-order valence-corrected chi connectivity index (χ2v) is 7.77. The number of aromatic nitrogens is 2. The monoisotopic (exact) mass is 397 g/mol. The molecule has 0 spiro atoms. The zero-order valence-corrected chi connectivity index (χ0v) is 17.2. The van der Waals surface area contributed by atoms with E-state index in [1.54, 1.807) is 12.1 Å². The van der Waals surface area contributed by atoms with Gasteiger partial charge in [0.25, 0.3) is 11.1 Å². The van der Waals surface area contributed by atoms with Gasteiger partial charge in [0.2, 0.25) is 5.91 Å². The highest BCUT2D eigenvalue weighted by atomic mass is 35.5. The number of halogens is 1. The van der Waals surface area contributed by atoms with Crippen molar-refractivity contribution in [2.45, 2.75) is 58.5 Å². The van der Waals surface area contributed by atoms with Gasteiger partial charge in [0.05, 0.1) is 5.75 Å². The van der Waals surface area contributed by atoms with Gasteiger partial charge >= 0.3 is 0 Å². The lowest BCUT2D eigenvalue weighted by Crippen LogP contribution is -2.43. The molecular formula is C18H24ClN3O3S. The molecule has 2 rings (SSSR count). The van der Waals surface area contributed by atoms with Gasteiger partial charge < -0.3 is 14.1 Å². The van der Waals surface area contributed by atoms with E-state index in [0.717, 1.165) is 5.56 Å². The van der Waals surface area contributed by atoms with Gasteiger partial charge in [-0.1, -0.05) is 23.4 Å². The van der Waals surface area contributed by atoms with Crippen LogP contribution in [0.3, 0.4) is 0 Å². The molecular weight excluding hydrogens is 374 g/mol. The zero-order chi connectivity index (χ0) is 19.3. The lowest BCUT2D eigenvalue weighted by atomic mass is 10.2. The summed E-state index contributed by atoms with van der Waals surface area (Å²) in [5, 5.41) is 8.95. The zero-order valence-electron chi connectivity index (χ0n) is 15.7. The molecule has 1 aromatic carbocycles. The molecule has 1 heterocycles. The number of aryl methyl sites for hydroxylation is 1. The Hall–Kier alpha value is -1.73. The number of thioether (sulfide) groups is 1. The van der Waals surface area contributed by atoms with Crippen molar-refractivity contribution in [3.05, 3.63) is 34.7 Å². The van der Waals surface area contributed by atoms with Crippen LogP contribution in [0.25, 0.3) is 0 Å². The molecule has 0 aliphatic heterocycles. The van der Waals surface area contributed by atoms with Crippen molar-refractivity contribution >= 4 is 29.3 Å². The Morgan fingerprint density at radius 1 is 1.27 bits per heavy atom. The minimum absolute atomic E-state index is 0.0487. The average molecular weight is 398 g/mol. The van der Waals surface area contributed by atoms with Gasteiger partial charge in [-0.15, -0.1) is 10.2 Å². The summed E-state index contributed by atoms with van der Waals surface area (Å²) < 4.78 is 11.2. The minimum Gasteiger partial charge on any atom is -0.484 e. The van der Waals surface area contributed by atoms with Crippen molar-refractivity contribution in [1.82, 2.24) is 15.1 Å². The molecule has 0 aliphatic carbocycles. The number of hydrogen-bond donors (Lipinski definition) is 0. The third-order valence-corrected chi connectivity index (χ3v) is 4.89. The predicted octanol–water partition coefficient (Wildman–Crippen LogP) is 4.35. The molecule has 0 saturated heterocycles. The molecule has 0 atom stereocenters. The fourth-order valence-corrected chi connectivity index (χ4v) is 3.34. The Labute approximate surface area is 163 Å². The van der Waals surface area contributed by atoms with E-state index in [-0.39, 0.29) is 30.4 Å². The summed E-state index contributed by atoms with van der Waals surface area (Å²) in [6, 6.07) is 5.71. The molecule has 8 heteroatoms. The fraction of sp³-hybridized carbons (Fsp3) is 0.500. The van der Waals surface area contributed by atoms with Crippen molar-refractivity contribution < 1.29 is 13.9 Å². The van der Waals surface area contributed by atoms with Gasteiger partial charge in [0, 0.05) is 17.1 Å². The smallest absolute Gasteiger partial charge is 0.277 e. The van der Waals surface area contributed by atoms with E-state index < -0.39 is 0 Å². The van der Waals surface area contributed by atoms with Gasteiger partial charge in [0.15, 0.2) is 6.61 Å². The molecule has 0 saturated carbocycles. The van der Waals surface area contributed by atoms with Gasteiger partial charge in [-0.3, -0.25) is 4.79 Å². The summed E-state index contributed by atoms with van der Waals surface area (Å²) in [5.74, 6) is 1.35. The minimum atomic E-state index is 0.0487. The van der Waals surface area contributed by atoms with Crippen LogP contribution in [-0.2, 0) is 11.4 Å². The molecule has 26 heavy (non-hydrogen) atoms. The van der Waals surface area contributed by atoms with E-state index in [1.807, 2.05) is 45.6 Å². The van der Waals surface area contributed by atoms with E-state index in [0.29, 0.717) is 21.9 Å². The second-order valence-electron chi connectivity index (χ2n) is 6.44. The molecule has 0 aliphatic rings. The lowest BCUT2D eigenvalue weighted by Gasteiger charge is -2.30. The number of carbonyl (C=O) groups is 1. The molecule has 0 unspecified atom stereocenters. The quantitative estimate of drug-likeness (QED) is 0.617. The van der Waals surface area contributed by atoms with Crippen molar-refractivity contribution in [1.29, 1.82) is 0 Å². The van der Waals surface area contributed by atoms with Crippen LogP contribution in [0.4, 0.5) is 0 Å². The van der Waals surface area contributed by atoms with Crippen LogP contribution in [-0.4, -0.2) is 38.8 Å². The normalized spacial score (nSPS) is 11.2. The average Bonchev–Trinajstić information content (AvgIpc) is 3.01. The van der Waals surface area contributed by atoms with Crippen LogP contribution in [0.2, 0.25) is 5.02 Å². The fourth-order valence-electron chi connectivity index (χ4n) is 2.58. The van der Waals surface area contributed by atoms with Crippen LogP contribution in [0.15, 0.2) is 27.8 Å². The van der Waals surface area contributed by atoms with E-state index in [2.05, 4.69) is 10.2 Å². The summed E-state index contributed by atoms with van der Waals surface area (Å²) in [4.78, 5) is 14.2. The van der Waals surface area contributed by atoms with Crippen LogP contribution in [0.1, 0.15) is 39.1 Å². The standard InChI is InChI=1S/C18H24ClN3O3S/c1-11(2)22(12(3)4)17(23)10-26-18-21-20-16(25-18)9-24-14-6-7-15(19)13(5)8-14/h6-8,11-12H,9-10H2,1-5H3. The number of amides is 1. The Kier molecular flexibility index (Phi) is 7.34. The Bertz CT molecular complexity index is 741. The van der Waals surface area contributed by atoms with Gasteiger partial charge in [-0.2, -0.15) is 0 Å². The summed E-state index contributed by atoms with van der Waals surface area (Å²) in [6.07, 6.45) is 0. The summed E-state index contributed by atoms with van der Waals surface area (Å²) in [7, 11) is 0. The number of rotatable bonds is 8. The van der Waals surface area contributed by atoms with E-state index in [1.165, 1.54) is 11.8 Å². The van der Waals surface area contributed by atoms with Gasteiger partial charge in [-0.25, -0.2) is 0 Å². The first-order valence-corrected chi connectivity index (χ1v) is 9.79. The van der Waals surface area contributed by atoms with Crippen LogP contribution < -0.4 is 4.74 Å². The third-order valence-electron chi connectivity index (χ3n) is 3.66. The highest BCUT2D eigenvalue weighted by Gasteiger charge is 2.21. The SMILES string of the molecule is Cc1cc(OCc2nnc(SCC(=O)N(C(C)C)C(C)C)o2)ccc1Cl. The number of benzene rings is 1. The Balaban J connectivity index is 1.87. The first kappa shape index (κ1) is 20.6.